The average molecular weight is 373 g/mol. The molecule has 2 aromatic carbocycles. The van der Waals surface area contributed by atoms with Crippen LogP contribution in [-0.4, -0.2) is 15.8 Å². The number of hydrogen-bond donors (Lipinski definition) is 2. The van der Waals surface area contributed by atoms with Gasteiger partial charge in [0.05, 0.1) is 0 Å². The van der Waals surface area contributed by atoms with Gasteiger partial charge in [-0.1, -0.05) is 23.2 Å². The van der Waals surface area contributed by atoms with Crippen molar-refractivity contribution in [2.45, 2.75) is 6.92 Å². The van der Waals surface area contributed by atoms with Gasteiger partial charge in [0.15, 0.2) is 5.78 Å². The standard InChI is InChI=1S/C18H14Cl2N4O/c1-11(25)12-2-4-15(5-3-12)23-18-21-7-6-17(24-18)22-16-9-13(19)8-14(20)10-16/h2-10H,1H3,(H2,21,22,23,24). The Morgan fingerprint density at radius 3 is 2.24 bits per heavy atom. The van der Waals surface area contributed by atoms with Crippen LogP contribution in [0, 0.1) is 0 Å². The Labute approximate surface area is 155 Å². The molecule has 7 heteroatoms. The molecule has 0 radical (unpaired) electrons. The molecule has 25 heavy (non-hydrogen) atoms. The molecule has 1 aromatic heterocycles. The summed E-state index contributed by atoms with van der Waals surface area (Å²) in [6.45, 7) is 1.53. The monoisotopic (exact) mass is 372 g/mol. The fraction of sp³-hybridized carbons (Fsp3) is 0.0556. The highest BCUT2D eigenvalue weighted by molar-refractivity contribution is 6.35. The van der Waals surface area contributed by atoms with Gasteiger partial charge in [0.1, 0.15) is 5.82 Å². The van der Waals surface area contributed by atoms with Crippen molar-refractivity contribution in [2.24, 2.45) is 0 Å². The van der Waals surface area contributed by atoms with Crippen molar-refractivity contribution in [2.75, 3.05) is 10.6 Å². The maximum absolute atomic E-state index is 11.3. The van der Waals surface area contributed by atoms with Crippen LogP contribution in [0.1, 0.15) is 17.3 Å². The van der Waals surface area contributed by atoms with E-state index in [9.17, 15) is 4.79 Å². The SMILES string of the molecule is CC(=O)c1ccc(Nc2nccc(Nc3cc(Cl)cc(Cl)c3)n2)cc1. The largest absolute Gasteiger partial charge is 0.340 e. The van der Waals surface area contributed by atoms with Crippen LogP contribution in [0.15, 0.2) is 54.7 Å². The lowest BCUT2D eigenvalue weighted by Crippen LogP contribution is -2.01. The van der Waals surface area contributed by atoms with Crippen LogP contribution in [0.25, 0.3) is 0 Å². The highest BCUT2D eigenvalue weighted by atomic mass is 35.5. The van der Waals surface area contributed by atoms with Gasteiger partial charge in [-0.05, 0) is 55.5 Å². The van der Waals surface area contributed by atoms with Crippen molar-refractivity contribution < 1.29 is 4.79 Å². The van der Waals surface area contributed by atoms with Crippen LogP contribution in [0.4, 0.5) is 23.1 Å². The van der Waals surface area contributed by atoms with Gasteiger partial charge in [-0.2, -0.15) is 4.98 Å². The molecule has 0 aliphatic heterocycles. The number of aromatic nitrogens is 2. The van der Waals surface area contributed by atoms with Gasteiger partial charge < -0.3 is 10.6 Å². The summed E-state index contributed by atoms with van der Waals surface area (Å²) in [4.78, 5) is 19.9. The first-order chi connectivity index (χ1) is 12.0. The van der Waals surface area contributed by atoms with E-state index in [1.165, 1.54) is 6.92 Å². The number of halogens is 2. The molecule has 0 aliphatic carbocycles. The van der Waals surface area contributed by atoms with Crippen LogP contribution in [0.2, 0.25) is 10.0 Å². The number of hydrogen-bond acceptors (Lipinski definition) is 5. The summed E-state index contributed by atoms with van der Waals surface area (Å²) < 4.78 is 0. The van der Waals surface area contributed by atoms with E-state index in [2.05, 4.69) is 20.6 Å². The molecule has 3 rings (SSSR count). The number of Topliss-reactive ketones (excluding diaryl/α,β-unsaturated/α-hetero) is 1. The number of carbonyl (C=O) groups excluding carboxylic acids is 1. The van der Waals surface area contributed by atoms with Crippen molar-refractivity contribution in [3.8, 4) is 0 Å². The Kier molecular flexibility index (Phi) is 5.16. The molecular formula is C18H14Cl2N4O. The van der Waals surface area contributed by atoms with E-state index in [1.54, 1.807) is 54.7 Å². The van der Waals surface area contributed by atoms with Crippen molar-refractivity contribution in [3.63, 3.8) is 0 Å². The van der Waals surface area contributed by atoms with Crippen molar-refractivity contribution >= 4 is 52.1 Å². The molecule has 0 bridgehead atoms. The summed E-state index contributed by atoms with van der Waals surface area (Å²) in [5, 5.41) is 7.29. The van der Waals surface area contributed by atoms with Gasteiger partial charge in [0.2, 0.25) is 5.95 Å². The summed E-state index contributed by atoms with van der Waals surface area (Å²) in [5.74, 6) is 1.04. The third kappa shape index (κ3) is 4.68. The molecule has 0 saturated heterocycles. The maximum atomic E-state index is 11.3. The zero-order valence-corrected chi connectivity index (χ0v) is 14.8. The first-order valence-corrected chi connectivity index (χ1v) is 8.19. The molecule has 2 N–H and O–H groups in total. The smallest absolute Gasteiger partial charge is 0.229 e. The van der Waals surface area contributed by atoms with Crippen LogP contribution in [0.3, 0.4) is 0 Å². The second kappa shape index (κ2) is 7.51. The van der Waals surface area contributed by atoms with Crippen LogP contribution < -0.4 is 10.6 Å². The second-order valence-corrected chi connectivity index (χ2v) is 6.18. The molecule has 0 saturated carbocycles. The third-order valence-corrected chi connectivity index (χ3v) is 3.77. The highest BCUT2D eigenvalue weighted by Crippen LogP contribution is 2.25. The fourth-order valence-electron chi connectivity index (χ4n) is 2.18. The van der Waals surface area contributed by atoms with E-state index in [0.717, 1.165) is 11.4 Å². The third-order valence-electron chi connectivity index (χ3n) is 3.34. The highest BCUT2D eigenvalue weighted by Gasteiger charge is 2.04. The minimum atomic E-state index is 0.0224. The Morgan fingerprint density at radius 2 is 1.60 bits per heavy atom. The van der Waals surface area contributed by atoms with E-state index in [4.69, 9.17) is 23.2 Å². The van der Waals surface area contributed by atoms with Gasteiger partial charge in [0.25, 0.3) is 0 Å². The fourth-order valence-corrected chi connectivity index (χ4v) is 2.71. The van der Waals surface area contributed by atoms with Crippen LogP contribution >= 0.6 is 23.2 Å². The summed E-state index contributed by atoms with van der Waals surface area (Å²) in [5.41, 5.74) is 2.17. The summed E-state index contributed by atoms with van der Waals surface area (Å²) >= 11 is 12.0. The number of benzene rings is 2. The van der Waals surface area contributed by atoms with Crippen molar-refractivity contribution in [1.82, 2.24) is 9.97 Å². The lowest BCUT2D eigenvalue weighted by molar-refractivity contribution is 0.101. The lowest BCUT2D eigenvalue weighted by Gasteiger charge is -2.09. The molecule has 0 amide bonds. The topological polar surface area (TPSA) is 66.9 Å². The van der Waals surface area contributed by atoms with E-state index < -0.39 is 0 Å². The Morgan fingerprint density at radius 1 is 0.920 bits per heavy atom. The number of nitrogens with zero attached hydrogens (tertiary/aromatic N) is 2. The molecule has 1 heterocycles. The van der Waals surface area contributed by atoms with E-state index in [0.29, 0.717) is 27.4 Å². The average Bonchev–Trinajstić information content (AvgIpc) is 2.54. The predicted molar refractivity (Wildman–Crippen MR) is 102 cm³/mol. The number of rotatable bonds is 5. The minimum Gasteiger partial charge on any atom is -0.340 e. The summed E-state index contributed by atoms with van der Waals surface area (Å²) in [6.07, 6.45) is 1.63. The van der Waals surface area contributed by atoms with Crippen molar-refractivity contribution in [1.29, 1.82) is 0 Å². The number of anilines is 4. The van der Waals surface area contributed by atoms with Crippen LogP contribution in [-0.2, 0) is 0 Å². The summed E-state index contributed by atoms with van der Waals surface area (Å²) in [7, 11) is 0. The molecule has 0 fully saturated rings. The van der Waals surface area contributed by atoms with Gasteiger partial charge in [-0.25, -0.2) is 4.98 Å². The second-order valence-electron chi connectivity index (χ2n) is 5.31. The number of carbonyl (C=O) groups is 1. The van der Waals surface area contributed by atoms with E-state index in [1.807, 2.05) is 0 Å². The van der Waals surface area contributed by atoms with Gasteiger partial charge in [-0.3, -0.25) is 4.79 Å². The quantitative estimate of drug-likeness (QED) is 0.580. The van der Waals surface area contributed by atoms with Gasteiger partial charge in [-0.15, -0.1) is 0 Å². The predicted octanol–water partition coefficient (Wildman–Crippen LogP) is 5.47. The molecule has 5 nitrogen and oxygen atoms in total. The Bertz CT molecular complexity index is 893. The van der Waals surface area contributed by atoms with Crippen molar-refractivity contribution in [3.05, 3.63) is 70.3 Å². The zero-order valence-electron chi connectivity index (χ0n) is 13.3. The maximum Gasteiger partial charge on any atom is 0.229 e. The first kappa shape index (κ1) is 17.2. The van der Waals surface area contributed by atoms with E-state index >= 15 is 0 Å². The van der Waals surface area contributed by atoms with Gasteiger partial charge >= 0.3 is 0 Å². The molecule has 0 spiro atoms. The van der Waals surface area contributed by atoms with Crippen LogP contribution in [0.5, 0.6) is 0 Å². The first-order valence-electron chi connectivity index (χ1n) is 7.44. The molecule has 0 atom stereocenters. The summed E-state index contributed by atoms with van der Waals surface area (Å²) in [6, 6.07) is 14.0. The lowest BCUT2D eigenvalue weighted by atomic mass is 10.1. The zero-order chi connectivity index (χ0) is 17.8. The van der Waals surface area contributed by atoms with Gasteiger partial charge in [0, 0.05) is 33.2 Å². The normalized spacial score (nSPS) is 10.4. The number of ketones is 1. The molecule has 0 unspecified atom stereocenters. The molecule has 3 aromatic rings. The molecule has 126 valence electrons. The minimum absolute atomic E-state index is 0.0224. The Hall–Kier alpha value is -2.63. The molecular weight excluding hydrogens is 359 g/mol. The van der Waals surface area contributed by atoms with E-state index in [-0.39, 0.29) is 5.78 Å². The molecule has 0 aliphatic rings. The Balaban J connectivity index is 1.75. The number of nitrogens with one attached hydrogen (secondary N) is 2.